The lowest BCUT2D eigenvalue weighted by Crippen LogP contribution is -2.45. The number of hydrogen-bond acceptors (Lipinski definition) is 6. The number of benzene rings is 1. The smallest absolute Gasteiger partial charge is 0.141 e. The monoisotopic (exact) mass is 453 g/mol. The molecule has 1 aliphatic rings. The molecule has 2 aromatic heterocycles. The molecule has 0 amide bonds. The number of aromatic amines is 1. The Balaban J connectivity index is 0.000000269. The SMILES string of the molecule is CC1(C)CNCCO1.Cc1ncc2[nH]c(CN)c(S(=O)c3ccc(Cl)cc3F)c2n1. The fourth-order valence-corrected chi connectivity index (χ4v) is 4.51. The summed E-state index contributed by atoms with van der Waals surface area (Å²) in [6.07, 6.45) is 1.59. The molecule has 0 aliphatic carbocycles. The summed E-state index contributed by atoms with van der Waals surface area (Å²) >= 11 is 5.74. The van der Waals surface area contributed by atoms with Gasteiger partial charge in [-0.25, -0.2) is 18.6 Å². The highest BCUT2D eigenvalue weighted by atomic mass is 35.5. The molecule has 0 spiro atoms. The zero-order valence-corrected chi connectivity index (χ0v) is 18.7. The number of morpholine rings is 1. The molecular formula is C20H25ClFN5O2S. The second kappa shape index (κ2) is 9.49. The normalized spacial score (nSPS) is 16.7. The molecule has 1 aliphatic heterocycles. The molecule has 4 N–H and O–H groups in total. The van der Waals surface area contributed by atoms with Crippen LogP contribution in [-0.2, 0) is 22.1 Å². The number of hydrogen-bond donors (Lipinski definition) is 3. The average molecular weight is 454 g/mol. The molecule has 10 heteroatoms. The maximum Gasteiger partial charge on any atom is 0.141 e. The molecule has 1 aromatic carbocycles. The van der Waals surface area contributed by atoms with E-state index in [0.717, 1.165) is 25.8 Å². The first-order valence-corrected chi connectivity index (χ1v) is 11.0. The van der Waals surface area contributed by atoms with E-state index in [9.17, 15) is 8.60 Å². The Morgan fingerprint density at radius 1 is 1.40 bits per heavy atom. The van der Waals surface area contributed by atoms with Gasteiger partial charge in [0.25, 0.3) is 0 Å². The van der Waals surface area contributed by atoms with Gasteiger partial charge in [0.2, 0.25) is 0 Å². The molecule has 162 valence electrons. The van der Waals surface area contributed by atoms with Crippen LogP contribution in [0.2, 0.25) is 5.02 Å². The van der Waals surface area contributed by atoms with Crippen molar-refractivity contribution in [2.75, 3.05) is 19.7 Å². The lowest BCUT2D eigenvalue weighted by Gasteiger charge is -2.30. The maximum atomic E-state index is 14.1. The maximum absolute atomic E-state index is 14.1. The van der Waals surface area contributed by atoms with Gasteiger partial charge in [0.15, 0.2) is 0 Å². The minimum Gasteiger partial charge on any atom is -0.373 e. The first-order chi connectivity index (χ1) is 14.2. The fourth-order valence-electron chi connectivity index (χ4n) is 3.02. The number of aryl methyl sites for hydroxylation is 1. The van der Waals surface area contributed by atoms with Gasteiger partial charge in [-0.1, -0.05) is 11.6 Å². The highest BCUT2D eigenvalue weighted by molar-refractivity contribution is 7.85. The number of aromatic nitrogens is 3. The third-order valence-corrected chi connectivity index (χ3v) is 6.27. The van der Waals surface area contributed by atoms with Gasteiger partial charge in [-0.3, -0.25) is 0 Å². The number of ether oxygens (including phenoxy) is 1. The van der Waals surface area contributed by atoms with E-state index in [2.05, 4.69) is 34.1 Å². The predicted molar refractivity (Wildman–Crippen MR) is 116 cm³/mol. The summed E-state index contributed by atoms with van der Waals surface area (Å²) in [4.78, 5) is 11.8. The summed E-state index contributed by atoms with van der Waals surface area (Å²) in [5, 5.41) is 3.49. The van der Waals surface area contributed by atoms with Crippen molar-refractivity contribution in [1.29, 1.82) is 0 Å². The Morgan fingerprint density at radius 3 is 2.73 bits per heavy atom. The molecule has 1 atom stereocenters. The topological polar surface area (TPSA) is 106 Å². The van der Waals surface area contributed by atoms with E-state index in [1.807, 2.05) is 0 Å². The highest BCUT2D eigenvalue weighted by Gasteiger charge is 2.22. The number of nitrogens with one attached hydrogen (secondary N) is 2. The summed E-state index contributed by atoms with van der Waals surface area (Å²) in [5.41, 5.74) is 7.41. The number of H-pyrrole nitrogens is 1. The molecule has 3 aromatic rings. The van der Waals surface area contributed by atoms with Crippen LogP contribution in [0, 0.1) is 12.7 Å². The van der Waals surface area contributed by atoms with Crippen molar-refractivity contribution < 1.29 is 13.3 Å². The molecule has 1 saturated heterocycles. The van der Waals surface area contributed by atoms with E-state index in [-0.39, 0.29) is 22.1 Å². The minimum atomic E-state index is -1.76. The number of fused-ring (bicyclic) bond motifs is 1. The Labute approximate surface area is 182 Å². The van der Waals surface area contributed by atoms with E-state index >= 15 is 0 Å². The molecule has 3 heterocycles. The van der Waals surface area contributed by atoms with Crippen molar-refractivity contribution in [3.05, 3.63) is 46.8 Å². The van der Waals surface area contributed by atoms with Gasteiger partial charge in [0.05, 0.1) is 44.5 Å². The van der Waals surface area contributed by atoms with Gasteiger partial charge in [-0.15, -0.1) is 0 Å². The molecule has 0 radical (unpaired) electrons. The van der Waals surface area contributed by atoms with Gasteiger partial charge < -0.3 is 20.8 Å². The minimum absolute atomic E-state index is 0.0382. The van der Waals surface area contributed by atoms with E-state index in [4.69, 9.17) is 22.1 Å². The lowest BCUT2D eigenvalue weighted by atomic mass is 10.1. The van der Waals surface area contributed by atoms with Gasteiger partial charge >= 0.3 is 0 Å². The Bertz CT molecular complexity index is 1060. The van der Waals surface area contributed by atoms with E-state index in [1.165, 1.54) is 12.1 Å². The first kappa shape index (κ1) is 22.8. The molecule has 0 bridgehead atoms. The quantitative estimate of drug-likeness (QED) is 0.562. The summed E-state index contributed by atoms with van der Waals surface area (Å²) in [7, 11) is -1.76. The number of rotatable bonds is 3. The van der Waals surface area contributed by atoms with Crippen molar-refractivity contribution >= 4 is 33.4 Å². The predicted octanol–water partition coefficient (Wildman–Crippen LogP) is 3.07. The zero-order valence-electron chi connectivity index (χ0n) is 17.1. The van der Waals surface area contributed by atoms with Crippen LogP contribution in [0.15, 0.2) is 34.2 Å². The summed E-state index contributed by atoms with van der Waals surface area (Å²) in [5.74, 6) is -0.0983. The van der Waals surface area contributed by atoms with Crippen molar-refractivity contribution in [2.24, 2.45) is 5.73 Å². The fraction of sp³-hybridized carbons (Fsp3) is 0.400. The standard InChI is InChI=1S/C14H12ClFN4OS.C6H13NO/c1-7-18-6-11-13(19-7)14(10(5-17)20-11)22(21)12-3-2-8(15)4-9(12)16;1-6(2)5-7-3-4-8-6/h2-4,6,20H,5,17H2,1H3;7H,3-5H2,1-2H3. The van der Waals surface area contributed by atoms with Gasteiger partial charge in [-0.05, 0) is 39.0 Å². The summed E-state index contributed by atoms with van der Waals surface area (Å²) < 4.78 is 32.3. The summed E-state index contributed by atoms with van der Waals surface area (Å²) in [6, 6.07) is 4.03. The van der Waals surface area contributed by atoms with Crippen LogP contribution in [0.3, 0.4) is 0 Å². The first-order valence-electron chi connectivity index (χ1n) is 9.47. The number of nitrogens with zero attached hydrogens (tertiary/aromatic N) is 2. The largest absolute Gasteiger partial charge is 0.373 e. The molecule has 1 fully saturated rings. The number of nitrogens with two attached hydrogens (primary N) is 1. The third kappa shape index (κ3) is 5.22. The molecular weight excluding hydrogens is 429 g/mol. The van der Waals surface area contributed by atoms with Gasteiger partial charge in [-0.2, -0.15) is 0 Å². The van der Waals surface area contributed by atoms with Crippen LogP contribution >= 0.6 is 11.6 Å². The van der Waals surface area contributed by atoms with Crippen LogP contribution in [0.25, 0.3) is 11.0 Å². The number of halogens is 2. The molecule has 1 unspecified atom stereocenters. The highest BCUT2D eigenvalue weighted by Crippen LogP contribution is 2.29. The van der Waals surface area contributed by atoms with Gasteiger partial charge in [0.1, 0.15) is 17.2 Å². The van der Waals surface area contributed by atoms with E-state index in [0.29, 0.717) is 27.4 Å². The van der Waals surface area contributed by atoms with Crippen LogP contribution < -0.4 is 11.1 Å². The Morgan fingerprint density at radius 2 is 2.17 bits per heavy atom. The van der Waals surface area contributed by atoms with Crippen LogP contribution in [-0.4, -0.2) is 44.5 Å². The molecule has 4 rings (SSSR count). The second-order valence-corrected chi connectivity index (χ2v) is 9.27. The average Bonchev–Trinajstić information content (AvgIpc) is 3.05. The van der Waals surface area contributed by atoms with Crippen molar-refractivity contribution in [3.8, 4) is 0 Å². The van der Waals surface area contributed by atoms with E-state index in [1.54, 1.807) is 13.1 Å². The lowest BCUT2D eigenvalue weighted by molar-refractivity contribution is -0.0384. The Hall–Kier alpha value is -1.91. The van der Waals surface area contributed by atoms with Crippen LogP contribution in [0.4, 0.5) is 4.39 Å². The molecule has 30 heavy (non-hydrogen) atoms. The van der Waals surface area contributed by atoms with E-state index < -0.39 is 16.6 Å². The molecule has 7 nitrogen and oxygen atoms in total. The van der Waals surface area contributed by atoms with Gasteiger partial charge in [0, 0.05) is 30.4 Å². The van der Waals surface area contributed by atoms with Crippen molar-refractivity contribution in [3.63, 3.8) is 0 Å². The zero-order chi connectivity index (χ0) is 21.9. The second-order valence-electron chi connectivity index (χ2n) is 7.44. The van der Waals surface area contributed by atoms with Crippen molar-refractivity contribution in [2.45, 2.75) is 42.7 Å². The van der Waals surface area contributed by atoms with Crippen LogP contribution in [0.1, 0.15) is 25.4 Å². The third-order valence-electron chi connectivity index (χ3n) is 4.49. The summed E-state index contributed by atoms with van der Waals surface area (Å²) in [6.45, 7) is 8.89. The Kier molecular flexibility index (Phi) is 7.20. The van der Waals surface area contributed by atoms with Crippen molar-refractivity contribution in [1.82, 2.24) is 20.3 Å². The van der Waals surface area contributed by atoms with Crippen LogP contribution in [0.5, 0.6) is 0 Å². The molecule has 0 saturated carbocycles.